The predicted octanol–water partition coefficient (Wildman–Crippen LogP) is 1.19. The smallest absolute Gasteiger partial charge is 0.235 e. The van der Waals surface area contributed by atoms with Crippen molar-refractivity contribution in [2.45, 2.75) is 11.8 Å². The first-order chi connectivity index (χ1) is 7.00. The summed E-state index contributed by atoms with van der Waals surface area (Å²) in [7, 11) is 2.09. The van der Waals surface area contributed by atoms with E-state index >= 15 is 0 Å². The Labute approximate surface area is 92.6 Å². The van der Waals surface area contributed by atoms with E-state index < -0.39 is 10.8 Å². The standard InChI is InChI=1S/C11H15NO2S/c1-9-4-6-10(7-5-9)15(14)8-11(13)12(2)3/h4-7H,8H2,1-3H3/t15-/m1/s1. The fourth-order valence-electron chi connectivity index (χ4n) is 1.01. The van der Waals surface area contributed by atoms with Gasteiger partial charge in [0, 0.05) is 19.0 Å². The van der Waals surface area contributed by atoms with Gasteiger partial charge in [-0.3, -0.25) is 9.00 Å². The molecule has 1 rings (SSSR count). The fraction of sp³-hybridized carbons (Fsp3) is 0.364. The average molecular weight is 225 g/mol. The number of hydrogen-bond acceptors (Lipinski definition) is 2. The number of amides is 1. The van der Waals surface area contributed by atoms with Crippen LogP contribution >= 0.6 is 0 Å². The first-order valence-electron chi connectivity index (χ1n) is 4.66. The SMILES string of the molecule is Cc1ccc([S@](=O)CC(=O)N(C)C)cc1. The van der Waals surface area contributed by atoms with Gasteiger partial charge in [0.15, 0.2) is 0 Å². The van der Waals surface area contributed by atoms with Gasteiger partial charge in [-0.2, -0.15) is 0 Å². The van der Waals surface area contributed by atoms with Gasteiger partial charge in [-0.05, 0) is 19.1 Å². The third-order valence-electron chi connectivity index (χ3n) is 2.04. The molecule has 0 heterocycles. The summed E-state index contributed by atoms with van der Waals surface area (Å²) in [5, 5.41) is 0. The molecule has 82 valence electrons. The summed E-state index contributed by atoms with van der Waals surface area (Å²) in [6.07, 6.45) is 0. The molecule has 0 aliphatic heterocycles. The quantitative estimate of drug-likeness (QED) is 0.775. The molecule has 0 fully saturated rings. The molecule has 1 aromatic rings. The van der Waals surface area contributed by atoms with E-state index in [1.165, 1.54) is 4.90 Å². The van der Waals surface area contributed by atoms with Crippen molar-refractivity contribution in [2.24, 2.45) is 0 Å². The molecule has 0 aromatic heterocycles. The monoisotopic (exact) mass is 225 g/mol. The molecule has 0 N–H and O–H groups in total. The highest BCUT2D eigenvalue weighted by Gasteiger charge is 2.11. The summed E-state index contributed by atoms with van der Waals surface area (Å²) in [6, 6.07) is 7.39. The average Bonchev–Trinajstić information content (AvgIpc) is 2.18. The summed E-state index contributed by atoms with van der Waals surface area (Å²) < 4.78 is 11.7. The Bertz CT molecular complexity index is 371. The minimum absolute atomic E-state index is 0.0516. The molecule has 0 unspecified atom stereocenters. The van der Waals surface area contributed by atoms with Gasteiger partial charge in [0.2, 0.25) is 5.91 Å². The molecule has 3 nitrogen and oxygen atoms in total. The highest BCUT2D eigenvalue weighted by atomic mass is 32.2. The largest absolute Gasteiger partial charge is 0.348 e. The van der Waals surface area contributed by atoms with Gasteiger partial charge in [-0.25, -0.2) is 0 Å². The van der Waals surface area contributed by atoms with Crippen LogP contribution < -0.4 is 0 Å². The molecule has 15 heavy (non-hydrogen) atoms. The number of rotatable bonds is 3. The molecule has 0 radical (unpaired) electrons. The topological polar surface area (TPSA) is 37.4 Å². The molecule has 0 bridgehead atoms. The van der Waals surface area contributed by atoms with Crippen LogP contribution in [0.1, 0.15) is 5.56 Å². The Kier molecular flexibility index (Phi) is 4.03. The number of carbonyl (C=O) groups is 1. The summed E-state index contributed by atoms with van der Waals surface area (Å²) in [5.74, 6) is -0.0651. The van der Waals surface area contributed by atoms with Gasteiger partial charge in [0.05, 0.1) is 10.8 Å². The summed E-state index contributed by atoms with van der Waals surface area (Å²) in [4.78, 5) is 13.5. The van der Waals surface area contributed by atoms with E-state index in [0.717, 1.165) is 5.56 Å². The van der Waals surface area contributed by atoms with Crippen molar-refractivity contribution in [2.75, 3.05) is 19.8 Å². The normalized spacial score (nSPS) is 12.2. The van der Waals surface area contributed by atoms with E-state index in [0.29, 0.717) is 4.90 Å². The van der Waals surface area contributed by atoms with Gasteiger partial charge in [0.1, 0.15) is 5.75 Å². The van der Waals surface area contributed by atoms with Gasteiger partial charge >= 0.3 is 0 Å². The maximum atomic E-state index is 11.7. The Hall–Kier alpha value is -1.16. The van der Waals surface area contributed by atoms with Crippen LogP contribution in [0.2, 0.25) is 0 Å². The van der Waals surface area contributed by atoms with Gasteiger partial charge in [0.25, 0.3) is 0 Å². The molecule has 1 atom stereocenters. The zero-order chi connectivity index (χ0) is 11.4. The second kappa shape index (κ2) is 5.07. The van der Waals surface area contributed by atoms with Crippen molar-refractivity contribution in [3.63, 3.8) is 0 Å². The highest BCUT2D eigenvalue weighted by Crippen LogP contribution is 2.08. The third-order valence-corrected chi connectivity index (χ3v) is 3.34. The minimum atomic E-state index is -1.23. The first-order valence-corrected chi connectivity index (χ1v) is 5.98. The second-order valence-electron chi connectivity index (χ2n) is 3.59. The van der Waals surface area contributed by atoms with Crippen molar-refractivity contribution >= 4 is 16.7 Å². The maximum absolute atomic E-state index is 11.7. The highest BCUT2D eigenvalue weighted by molar-refractivity contribution is 7.85. The van der Waals surface area contributed by atoms with Crippen LogP contribution in [-0.4, -0.2) is 34.9 Å². The molecule has 0 saturated carbocycles. The molecule has 0 aliphatic rings. The zero-order valence-electron chi connectivity index (χ0n) is 9.19. The van der Waals surface area contributed by atoms with Crippen molar-refractivity contribution in [3.8, 4) is 0 Å². The summed E-state index contributed by atoms with van der Waals surface area (Å²) in [5.41, 5.74) is 1.12. The van der Waals surface area contributed by atoms with Crippen LogP contribution in [0.4, 0.5) is 0 Å². The Morgan fingerprint density at radius 2 is 1.80 bits per heavy atom. The van der Waals surface area contributed by atoms with E-state index in [1.807, 2.05) is 19.1 Å². The lowest BCUT2D eigenvalue weighted by Gasteiger charge is -2.09. The Morgan fingerprint density at radius 3 is 2.27 bits per heavy atom. The van der Waals surface area contributed by atoms with Crippen LogP contribution in [0.5, 0.6) is 0 Å². The van der Waals surface area contributed by atoms with Gasteiger partial charge < -0.3 is 4.90 Å². The van der Waals surface area contributed by atoms with Crippen LogP contribution in [-0.2, 0) is 15.6 Å². The maximum Gasteiger partial charge on any atom is 0.235 e. The Balaban J connectivity index is 2.69. The first kappa shape index (κ1) is 11.9. The van der Waals surface area contributed by atoms with Crippen molar-refractivity contribution < 1.29 is 9.00 Å². The van der Waals surface area contributed by atoms with Crippen LogP contribution in [0.15, 0.2) is 29.2 Å². The van der Waals surface area contributed by atoms with Crippen molar-refractivity contribution in [1.29, 1.82) is 0 Å². The van der Waals surface area contributed by atoms with E-state index in [-0.39, 0.29) is 11.7 Å². The minimum Gasteiger partial charge on any atom is -0.348 e. The fourth-order valence-corrected chi connectivity index (χ4v) is 2.10. The number of aryl methyl sites for hydroxylation is 1. The van der Waals surface area contributed by atoms with E-state index in [4.69, 9.17) is 0 Å². The summed E-state index contributed by atoms with van der Waals surface area (Å²) >= 11 is 0. The molecule has 0 spiro atoms. The molecule has 0 aliphatic carbocycles. The van der Waals surface area contributed by atoms with E-state index in [1.54, 1.807) is 26.2 Å². The van der Waals surface area contributed by atoms with Crippen LogP contribution in [0, 0.1) is 6.92 Å². The summed E-state index contributed by atoms with van der Waals surface area (Å²) in [6.45, 7) is 1.97. The zero-order valence-corrected chi connectivity index (χ0v) is 10.0. The lowest BCUT2D eigenvalue weighted by atomic mass is 10.2. The molecular weight excluding hydrogens is 210 g/mol. The van der Waals surface area contributed by atoms with E-state index in [2.05, 4.69) is 0 Å². The number of nitrogens with zero attached hydrogens (tertiary/aromatic N) is 1. The lowest BCUT2D eigenvalue weighted by Crippen LogP contribution is -2.26. The van der Waals surface area contributed by atoms with Gasteiger partial charge in [-0.15, -0.1) is 0 Å². The van der Waals surface area contributed by atoms with E-state index in [9.17, 15) is 9.00 Å². The molecule has 0 saturated heterocycles. The number of carbonyl (C=O) groups excluding carboxylic acids is 1. The van der Waals surface area contributed by atoms with Crippen molar-refractivity contribution in [1.82, 2.24) is 4.90 Å². The molecular formula is C11H15NO2S. The van der Waals surface area contributed by atoms with Crippen LogP contribution in [0.25, 0.3) is 0 Å². The Morgan fingerprint density at radius 1 is 1.27 bits per heavy atom. The van der Waals surface area contributed by atoms with Crippen LogP contribution in [0.3, 0.4) is 0 Å². The number of benzene rings is 1. The second-order valence-corrected chi connectivity index (χ2v) is 5.04. The number of hydrogen-bond donors (Lipinski definition) is 0. The molecule has 1 amide bonds. The molecule has 4 heteroatoms. The lowest BCUT2D eigenvalue weighted by molar-refractivity contribution is -0.125. The van der Waals surface area contributed by atoms with Gasteiger partial charge in [-0.1, -0.05) is 17.7 Å². The molecule has 1 aromatic carbocycles. The van der Waals surface area contributed by atoms with Crippen molar-refractivity contribution in [3.05, 3.63) is 29.8 Å². The predicted molar refractivity (Wildman–Crippen MR) is 61.1 cm³/mol. The third kappa shape index (κ3) is 3.47.